The molecule has 2 aromatic heterocycles. The molecule has 7 nitrogen and oxygen atoms in total. The summed E-state index contributed by atoms with van der Waals surface area (Å²) in [5, 5.41) is 20.0. The van der Waals surface area contributed by atoms with E-state index in [1.807, 2.05) is 24.3 Å². The smallest absolute Gasteiger partial charge is 0.381 e. The number of halogens is 4. The van der Waals surface area contributed by atoms with E-state index < -0.39 is 18.0 Å². The van der Waals surface area contributed by atoms with Crippen LogP contribution in [-0.2, 0) is 4.74 Å². The average Bonchev–Trinajstić information content (AvgIpc) is 2.90. The third-order valence-corrected chi connectivity index (χ3v) is 7.40. The molecule has 0 aromatic carbocycles. The van der Waals surface area contributed by atoms with Crippen molar-refractivity contribution in [3.63, 3.8) is 0 Å². The van der Waals surface area contributed by atoms with E-state index in [9.17, 15) is 18.4 Å². The zero-order chi connectivity index (χ0) is 26.3. The monoisotopic (exact) mass is 536 g/mol. The van der Waals surface area contributed by atoms with Gasteiger partial charge >= 0.3 is 6.18 Å². The molecule has 2 aliphatic rings. The molecule has 11 heteroatoms. The lowest BCUT2D eigenvalue weighted by Crippen LogP contribution is -2.38. The van der Waals surface area contributed by atoms with Crippen LogP contribution in [0.15, 0.2) is 30.5 Å². The van der Waals surface area contributed by atoms with Gasteiger partial charge in [0.15, 0.2) is 0 Å². The van der Waals surface area contributed by atoms with E-state index in [-0.39, 0.29) is 18.6 Å². The Kier molecular flexibility index (Phi) is 9.11. The van der Waals surface area contributed by atoms with Gasteiger partial charge in [-0.3, -0.25) is 0 Å². The first-order chi connectivity index (χ1) is 17.8. The van der Waals surface area contributed by atoms with E-state index in [4.69, 9.17) is 21.3 Å². The molecule has 3 N–H and O–H groups in total. The number of nitrogens with one attached hydrogen (secondary N) is 3. The Hall–Kier alpha value is -2.61. The van der Waals surface area contributed by atoms with Crippen molar-refractivity contribution in [1.29, 1.82) is 5.26 Å². The fourth-order valence-electron chi connectivity index (χ4n) is 4.82. The molecular weight excluding hydrogens is 505 g/mol. The van der Waals surface area contributed by atoms with Gasteiger partial charge in [0, 0.05) is 50.1 Å². The van der Waals surface area contributed by atoms with Crippen LogP contribution in [0.1, 0.15) is 44.9 Å². The minimum absolute atomic E-state index is 0.0405. The third-order valence-electron chi connectivity index (χ3n) is 7.10. The lowest BCUT2D eigenvalue weighted by Gasteiger charge is -2.30. The fraction of sp³-hybridized carbons (Fsp3) is 0.577. The number of hydrogen-bond donors (Lipinski definition) is 3. The molecule has 0 bridgehead atoms. The predicted octanol–water partition coefficient (Wildman–Crippen LogP) is 5.79. The topological polar surface area (TPSA) is 94.9 Å². The molecule has 0 unspecified atom stereocenters. The molecule has 2 aromatic rings. The lowest BCUT2D eigenvalue weighted by atomic mass is 9.82. The Morgan fingerprint density at radius 1 is 1.11 bits per heavy atom. The number of hydrogen-bond acceptors (Lipinski definition) is 7. The zero-order valence-corrected chi connectivity index (χ0v) is 21.3. The van der Waals surface area contributed by atoms with Crippen molar-refractivity contribution in [2.24, 2.45) is 5.41 Å². The zero-order valence-electron chi connectivity index (χ0n) is 20.6. The number of rotatable bonds is 9. The van der Waals surface area contributed by atoms with Crippen LogP contribution >= 0.6 is 11.6 Å². The van der Waals surface area contributed by atoms with Crippen LogP contribution in [0, 0.1) is 16.7 Å². The molecule has 1 saturated carbocycles. The summed E-state index contributed by atoms with van der Waals surface area (Å²) in [5.41, 5.74) is 0.969. The maximum atomic E-state index is 12.4. The van der Waals surface area contributed by atoms with Crippen molar-refractivity contribution in [2.75, 3.05) is 36.9 Å². The first-order valence-electron chi connectivity index (χ1n) is 12.7. The van der Waals surface area contributed by atoms with Crippen LogP contribution in [0.5, 0.6) is 0 Å². The maximum Gasteiger partial charge on any atom is 0.390 e. The fourth-order valence-corrected chi connectivity index (χ4v) is 5.02. The van der Waals surface area contributed by atoms with Gasteiger partial charge in [-0.2, -0.15) is 18.4 Å². The molecule has 1 aliphatic heterocycles. The Labute approximate surface area is 220 Å². The molecule has 37 heavy (non-hydrogen) atoms. The van der Waals surface area contributed by atoms with E-state index in [1.165, 1.54) is 0 Å². The van der Waals surface area contributed by atoms with Crippen LogP contribution in [0.4, 0.5) is 24.8 Å². The van der Waals surface area contributed by atoms with Gasteiger partial charge in [-0.1, -0.05) is 17.7 Å². The van der Waals surface area contributed by atoms with Gasteiger partial charge in [0.25, 0.3) is 0 Å². The highest BCUT2D eigenvalue weighted by Gasteiger charge is 2.32. The summed E-state index contributed by atoms with van der Waals surface area (Å²) < 4.78 is 42.5. The van der Waals surface area contributed by atoms with Crippen LogP contribution in [0.2, 0.25) is 5.02 Å². The number of anilines is 2. The Balaban J connectivity index is 1.34. The molecule has 0 atom stereocenters. The molecule has 2 fully saturated rings. The number of pyridine rings is 2. The molecule has 0 spiro atoms. The van der Waals surface area contributed by atoms with Crippen molar-refractivity contribution >= 4 is 23.2 Å². The molecular formula is C26H32ClF3N6O. The van der Waals surface area contributed by atoms with Crippen molar-refractivity contribution in [3.8, 4) is 17.3 Å². The summed E-state index contributed by atoms with van der Waals surface area (Å²) >= 11 is 6.47. The summed E-state index contributed by atoms with van der Waals surface area (Å²) in [6.07, 6.45) is 1.33. The van der Waals surface area contributed by atoms with Crippen molar-refractivity contribution < 1.29 is 17.9 Å². The molecule has 4 rings (SSSR count). The third kappa shape index (κ3) is 7.94. The van der Waals surface area contributed by atoms with Gasteiger partial charge in [0.05, 0.1) is 28.6 Å². The first-order valence-corrected chi connectivity index (χ1v) is 13.1. The number of aromatic nitrogens is 2. The van der Waals surface area contributed by atoms with E-state index in [0.29, 0.717) is 55.0 Å². The molecule has 1 saturated heterocycles. The summed E-state index contributed by atoms with van der Waals surface area (Å²) in [6.45, 7) is 1.62. The largest absolute Gasteiger partial charge is 0.390 e. The highest BCUT2D eigenvalue weighted by Crippen LogP contribution is 2.32. The van der Waals surface area contributed by atoms with Gasteiger partial charge in [-0.25, -0.2) is 9.97 Å². The Morgan fingerprint density at radius 3 is 2.54 bits per heavy atom. The second kappa shape index (κ2) is 12.3. The van der Waals surface area contributed by atoms with Crippen molar-refractivity contribution in [3.05, 3.63) is 35.5 Å². The van der Waals surface area contributed by atoms with E-state index >= 15 is 0 Å². The Morgan fingerprint density at radius 2 is 1.84 bits per heavy atom. The minimum Gasteiger partial charge on any atom is -0.381 e. The van der Waals surface area contributed by atoms with Crippen LogP contribution in [0.25, 0.3) is 11.3 Å². The SMILES string of the molecule is N#CC1(CNc2cccc(-c3cc(N[C@H]4CC[C@H](NCCC(F)(F)F)CC4)ncc3Cl)n2)CCOCC1. The van der Waals surface area contributed by atoms with E-state index in [2.05, 4.69) is 27.0 Å². The second-order valence-corrected chi connectivity index (χ2v) is 10.2. The molecule has 1 aliphatic carbocycles. The molecule has 200 valence electrons. The van der Waals surface area contributed by atoms with E-state index in [1.54, 1.807) is 6.20 Å². The highest BCUT2D eigenvalue weighted by atomic mass is 35.5. The summed E-state index contributed by atoms with van der Waals surface area (Å²) in [4.78, 5) is 9.14. The summed E-state index contributed by atoms with van der Waals surface area (Å²) in [7, 11) is 0. The van der Waals surface area contributed by atoms with Crippen LogP contribution in [-0.4, -0.2) is 54.5 Å². The van der Waals surface area contributed by atoms with Gasteiger partial charge in [0.1, 0.15) is 11.6 Å². The van der Waals surface area contributed by atoms with Gasteiger partial charge < -0.3 is 20.7 Å². The Bertz CT molecular complexity index is 1080. The van der Waals surface area contributed by atoms with Gasteiger partial charge in [-0.15, -0.1) is 0 Å². The lowest BCUT2D eigenvalue weighted by molar-refractivity contribution is -0.133. The molecule has 3 heterocycles. The maximum absolute atomic E-state index is 12.4. The highest BCUT2D eigenvalue weighted by molar-refractivity contribution is 6.33. The number of nitriles is 1. The second-order valence-electron chi connectivity index (χ2n) is 9.83. The van der Waals surface area contributed by atoms with Crippen LogP contribution < -0.4 is 16.0 Å². The number of ether oxygens (including phenoxy) is 1. The van der Waals surface area contributed by atoms with Crippen LogP contribution in [0.3, 0.4) is 0 Å². The van der Waals surface area contributed by atoms with Crippen molar-refractivity contribution in [1.82, 2.24) is 15.3 Å². The van der Waals surface area contributed by atoms with Gasteiger partial charge in [0.2, 0.25) is 0 Å². The standard InChI is InChI=1S/C26H32ClF3N6O/c27-21-15-33-24(35-19-6-4-18(5-7-19)32-11-8-26(28,29)30)14-20(21)22-2-1-3-23(36-22)34-17-25(16-31)9-12-37-13-10-25/h1-3,14-15,18-19,32H,4-13,17H2,(H,33,35)(H,34,36)/t18-,19-. The minimum atomic E-state index is -4.13. The number of alkyl halides is 3. The molecule has 0 amide bonds. The quantitative estimate of drug-likeness (QED) is 0.373. The average molecular weight is 537 g/mol. The molecule has 0 radical (unpaired) electrons. The van der Waals surface area contributed by atoms with E-state index in [0.717, 1.165) is 31.2 Å². The van der Waals surface area contributed by atoms with Crippen molar-refractivity contribution in [2.45, 2.75) is 63.2 Å². The summed E-state index contributed by atoms with van der Waals surface area (Å²) in [6, 6.07) is 10.2. The van der Waals surface area contributed by atoms with Gasteiger partial charge in [-0.05, 0) is 56.7 Å². The number of nitrogens with zero attached hydrogens (tertiary/aromatic N) is 3. The summed E-state index contributed by atoms with van der Waals surface area (Å²) in [5.74, 6) is 1.34. The normalized spacial score (nSPS) is 21.7. The first kappa shape index (κ1) is 27.4. The predicted molar refractivity (Wildman–Crippen MR) is 137 cm³/mol.